The highest BCUT2D eigenvalue weighted by atomic mass is 32.1. The normalized spacial score (nSPS) is 22.5. The number of nitrogens with one attached hydrogen (secondary N) is 1. The minimum atomic E-state index is -0.00156. The molecule has 0 saturated carbocycles. The molecule has 10 heteroatoms. The van der Waals surface area contributed by atoms with Crippen molar-refractivity contribution in [2.24, 2.45) is 5.10 Å². The van der Waals surface area contributed by atoms with Crippen LogP contribution >= 0.6 is 11.3 Å². The van der Waals surface area contributed by atoms with Gasteiger partial charge in [-0.15, -0.1) is 11.3 Å². The highest BCUT2D eigenvalue weighted by Gasteiger charge is 2.28. The van der Waals surface area contributed by atoms with Gasteiger partial charge in [-0.2, -0.15) is 5.10 Å². The van der Waals surface area contributed by atoms with E-state index in [9.17, 15) is 5.11 Å². The molecular formula is C26H29N7O2S. The number of hydrogen-bond acceptors (Lipinski definition) is 10. The summed E-state index contributed by atoms with van der Waals surface area (Å²) in [5.41, 5.74) is 5.72. The maximum absolute atomic E-state index is 9.85. The van der Waals surface area contributed by atoms with E-state index < -0.39 is 0 Å². The second-order valence-electron chi connectivity index (χ2n) is 9.59. The Morgan fingerprint density at radius 1 is 1.14 bits per heavy atom. The van der Waals surface area contributed by atoms with E-state index in [2.05, 4.69) is 55.5 Å². The smallest absolute Gasteiger partial charge is 0.145 e. The van der Waals surface area contributed by atoms with Gasteiger partial charge in [0.05, 0.1) is 33.2 Å². The van der Waals surface area contributed by atoms with E-state index in [-0.39, 0.29) is 24.7 Å². The van der Waals surface area contributed by atoms with Crippen molar-refractivity contribution >= 4 is 50.2 Å². The summed E-state index contributed by atoms with van der Waals surface area (Å²) in [7, 11) is 4.03. The molecule has 0 radical (unpaired) electrons. The van der Waals surface area contributed by atoms with Gasteiger partial charge in [0.1, 0.15) is 24.0 Å². The first-order valence-corrected chi connectivity index (χ1v) is 13.1. The Hall–Kier alpha value is -3.34. The van der Waals surface area contributed by atoms with Crippen molar-refractivity contribution in [3.63, 3.8) is 0 Å². The van der Waals surface area contributed by atoms with E-state index >= 15 is 0 Å². The summed E-state index contributed by atoms with van der Waals surface area (Å²) in [4.78, 5) is 15.8. The van der Waals surface area contributed by atoms with Crippen LogP contribution in [-0.4, -0.2) is 82.1 Å². The molecule has 2 N–H and O–H groups in total. The van der Waals surface area contributed by atoms with Crippen LogP contribution in [0.2, 0.25) is 0 Å². The molecule has 0 bridgehead atoms. The fourth-order valence-corrected chi connectivity index (χ4v) is 5.76. The molecule has 2 aliphatic rings. The van der Waals surface area contributed by atoms with Gasteiger partial charge >= 0.3 is 0 Å². The van der Waals surface area contributed by atoms with E-state index in [1.165, 1.54) is 0 Å². The molecule has 36 heavy (non-hydrogen) atoms. The predicted octanol–water partition coefficient (Wildman–Crippen LogP) is 3.83. The van der Waals surface area contributed by atoms with Gasteiger partial charge in [0.2, 0.25) is 0 Å². The molecule has 6 rings (SSSR count). The highest BCUT2D eigenvalue weighted by Crippen LogP contribution is 2.37. The van der Waals surface area contributed by atoms with Crippen LogP contribution < -0.4 is 10.1 Å². The van der Waals surface area contributed by atoms with Gasteiger partial charge in [0.25, 0.3) is 0 Å². The zero-order chi connectivity index (χ0) is 24.6. The number of ether oxygens (including phenoxy) is 1. The molecule has 4 aromatic rings. The van der Waals surface area contributed by atoms with Gasteiger partial charge in [-0.1, -0.05) is 0 Å². The molecule has 3 atom stereocenters. The summed E-state index contributed by atoms with van der Waals surface area (Å²) >= 11 is 1.61. The van der Waals surface area contributed by atoms with Crippen LogP contribution in [-0.2, 0) is 0 Å². The Morgan fingerprint density at radius 2 is 2.06 bits per heavy atom. The number of benzene rings is 2. The van der Waals surface area contributed by atoms with Crippen LogP contribution in [0.4, 0.5) is 11.5 Å². The Balaban J connectivity index is 1.40. The monoisotopic (exact) mass is 503 g/mol. The second-order valence-corrected chi connectivity index (χ2v) is 10.5. The number of anilines is 2. The molecule has 2 aromatic heterocycles. The van der Waals surface area contributed by atoms with Crippen molar-refractivity contribution in [1.29, 1.82) is 0 Å². The molecule has 2 aromatic carbocycles. The van der Waals surface area contributed by atoms with Crippen molar-refractivity contribution in [1.82, 2.24) is 24.9 Å². The van der Waals surface area contributed by atoms with E-state index in [0.717, 1.165) is 64.1 Å². The molecule has 0 amide bonds. The number of nitrogens with zero attached hydrogens (tertiary/aromatic N) is 6. The molecule has 2 aliphatic heterocycles. The summed E-state index contributed by atoms with van der Waals surface area (Å²) in [6.07, 6.45) is 5.23. The fourth-order valence-electron chi connectivity index (χ4n) is 5.04. The van der Waals surface area contributed by atoms with E-state index in [1.54, 1.807) is 17.7 Å². The average molecular weight is 504 g/mol. The number of aromatic nitrogens is 3. The van der Waals surface area contributed by atoms with Gasteiger partial charge in [0, 0.05) is 50.4 Å². The van der Waals surface area contributed by atoms with Crippen molar-refractivity contribution in [3.8, 4) is 5.75 Å². The molecular weight excluding hydrogens is 474 g/mol. The lowest BCUT2D eigenvalue weighted by molar-refractivity contribution is 0.0437. The third-order valence-corrected chi connectivity index (χ3v) is 7.91. The number of piperidine rings is 1. The largest absolute Gasteiger partial charge is 0.489 e. The summed E-state index contributed by atoms with van der Waals surface area (Å²) < 4.78 is 7.80. The molecule has 1 saturated heterocycles. The van der Waals surface area contributed by atoms with Crippen LogP contribution in [0.15, 0.2) is 47.3 Å². The summed E-state index contributed by atoms with van der Waals surface area (Å²) in [5, 5.41) is 20.6. The third kappa shape index (κ3) is 4.47. The Bertz CT molecular complexity index is 1420. The highest BCUT2D eigenvalue weighted by molar-refractivity contribution is 7.16. The minimum Gasteiger partial charge on any atom is -0.489 e. The first-order valence-electron chi connectivity index (χ1n) is 12.2. The lowest BCUT2D eigenvalue weighted by Gasteiger charge is -2.36. The van der Waals surface area contributed by atoms with E-state index in [1.807, 2.05) is 35.9 Å². The van der Waals surface area contributed by atoms with E-state index in [4.69, 9.17) is 4.74 Å². The zero-order valence-corrected chi connectivity index (χ0v) is 21.1. The number of rotatable bonds is 6. The quantitative estimate of drug-likeness (QED) is 0.410. The van der Waals surface area contributed by atoms with Crippen LogP contribution in [0.5, 0.6) is 5.75 Å². The topological polar surface area (TPSA) is 99.0 Å². The first kappa shape index (κ1) is 23.1. The van der Waals surface area contributed by atoms with Crippen LogP contribution in [0, 0.1) is 0 Å². The lowest BCUT2D eigenvalue weighted by atomic mass is 9.97. The van der Waals surface area contributed by atoms with Gasteiger partial charge < -0.3 is 20.1 Å². The molecule has 0 aliphatic carbocycles. The molecule has 0 spiro atoms. The molecule has 4 heterocycles. The summed E-state index contributed by atoms with van der Waals surface area (Å²) in [5.74, 6) is 1.64. The fraction of sp³-hybridized carbons (Fsp3) is 0.385. The van der Waals surface area contributed by atoms with Gasteiger partial charge in [-0.25, -0.2) is 15.0 Å². The standard InChI is InChI=1S/C26H29N7O2S/c1-32-6-5-20(10-19(32)13-34)35-23-8-16(17-11-30-33(2)12-17)7-22-25(23)26(28-14-27-22)31-18-3-4-21-24(9-18)36-15-29-21/h3-4,7-9,11,14-15,17,19-20,34H,5-6,10,12-13H2,1-2H3,(H,27,28,31)/t17?,19-,20?/m1/s1. The number of likely N-dealkylation sites (tertiary alicyclic amines) is 1. The number of thiazole rings is 1. The SMILES string of the molecule is CN1CC(c2cc(OC3CCN(C)[C@@H](CO)C3)c3c(Nc4ccc5ncsc5c4)ncnc3c2)C=N1. The number of aliphatic hydroxyl groups is 1. The van der Waals surface area contributed by atoms with Crippen molar-refractivity contribution in [2.75, 3.05) is 39.1 Å². The number of fused-ring (bicyclic) bond motifs is 2. The minimum absolute atomic E-state index is 0.00156. The molecule has 2 unspecified atom stereocenters. The lowest BCUT2D eigenvalue weighted by Crippen LogP contribution is -2.45. The second kappa shape index (κ2) is 9.61. The van der Waals surface area contributed by atoms with Gasteiger partial charge in [-0.05, 0) is 49.4 Å². The average Bonchev–Trinajstić information content (AvgIpc) is 3.53. The number of hydrazone groups is 1. The zero-order valence-electron chi connectivity index (χ0n) is 20.3. The van der Waals surface area contributed by atoms with Crippen LogP contribution in [0.1, 0.15) is 24.3 Å². The van der Waals surface area contributed by atoms with Crippen molar-refractivity contribution < 1.29 is 9.84 Å². The van der Waals surface area contributed by atoms with Gasteiger partial charge in [-0.3, -0.25) is 5.01 Å². The summed E-state index contributed by atoms with van der Waals surface area (Å²) in [6.45, 7) is 1.82. The molecule has 1 fully saturated rings. The number of likely N-dealkylation sites (N-methyl/N-ethyl adjacent to an activating group) is 2. The van der Waals surface area contributed by atoms with Crippen molar-refractivity contribution in [3.05, 3.63) is 47.7 Å². The Morgan fingerprint density at radius 3 is 2.89 bits per heavy atom. The third-order valence-electron chi connectivity index (χ3n) is 7.12. The maximum Gasteiger partial charge on any atom is 0.145 e. The predicted molar refractivity (Wildman–Crippen MR) is 143 cm³/mol. The molecule has 186 valence electrons. The first-order chi connectivity index (χ1) is 17.6. The Labute approximate surface area is 213 Å². The Kier molecular flexibility index (Phi) is 6.16. The van der Waals surface area contributed by atoms with E-state index in [0.29, 0.717) is 5.82 Å². The molecule has 9 nitrogen and oxygen atoms in total. The maximum atomic E-state index is 9.85. The van der Waals surface area contributed by atoms with Gasteiger partial charge in [0.15, 0.2) is 0 Å². The summed E-state index contributed by atoms with van der Waals surface area (Å²) in [6, 6.07) is 10.4. The van der Waals surface area contributed by atoms with Crippen LogP contribution in [0.3, 0.4) is 0 Å². The van der Waals surface area contributed by atoms with Crippen molar-refractivity contribution in [2.45, 2.75) is 30.9 Å². The number of aliphatic hydroxyl groups excluding tert-OH is 1. The number of hydrogen-bond donors (Lipinski definition) is 2. The van der Waals surface area contributed by atoms with Crippen LogP contribution in [0.25, 0.3) is 21.1 Å².